The molecule has 1 N–H and O–H groups in total. The number of benzene rings is 2. The molecular formula is C30H32F4N4O2. The highest BCUT2D eigenvalue weighted by Gasteiger charge is 2.58. The number of hydrogen-bond acceptors (Lipinski definition) is 3. The topological polar surface area (TPSA) is 76.4 Å². The molecular weight excluding hydrogens is 524 g/mol. The van der Waals surface area contributed by atoms with Gasteiger partial charge in [0.25, 0.3) is 0 Å². The maximum atomic E-state index is 13.8. The van der Waals surface area contributed by atoms with Crippen LogP contribution in [0.4, 0.5) is 28.0 Å². The van der Waals surface area contributed by atoms with Crippen LogP contribution in [-0.2, 0) is 16.4 Å². The Kier molecular flexibility index (Phi) is 7.51. The van der Waals surface area contributed by atoms with Gasteiger partial charge in [-0.25, -0.2) is 9.18 Å². The third kappa shape index (κ3) is 5.65. The second kappa shape index (κ2) is 10.8. The van der Waals surface area contributed by atoms with Crippen molar-refractivity contribution < 1.29 is 27.2 Å². The van der Waals surface area contributed by atoms with Crippen molar-refractivity contribution in [3.05, 3.63) is 65.0 Å². The monoisotopic (exact) mass is 556 g/mol. The number of nitrogens with one attached hydrogen (secondary N) is 1. The summed E-state index contributed by atoms with van der Waals surface area (Å²) < 4.78 is 53.7. The van der Waals surface area contributed by atoms with Crippen molar-refractivity contribution in [1.82, 2.24) is 9.80 Å². The first-order valence-corrected chi connectivity index (χ1v) is 13.7. The average molecular weight is 557 g/mol. The Hall–Kier alpha value is -3.61. The van der Waals surface area contributed by atoms with Gasteiger partial charge in [0.1, 0.15) is 5.82 Å². The molecule has 40 heavy (non-hydrogen) atoms. The first kappa shape index (κ1) is 27.9. The van der Waals surface area contributed by atoms with Gasteiger partial charge in [0.15, 0.2) is 0 Å². The number of carbonyl (C=O) groups excluding carboxylic acids is 2. The molecule has 1 heterocycles. The van der Waals surface area contributed by atoms with E-state index < -0.39 is 23.6 Å². The van der Waals surface area contributed by atoms with E-state index in [1.807, 2.05) is 12.1 Å². The number of piperidine rings is 1. The molecule has 3 atom stereocenters. The molecule has 6 nitrogen and oxygen atoms in total. The minimum atomic E-state index is -4.88. The fourth-order valence-corrected chi connectivity index (χ4v) is 6.67. The van der Waals surface area contributed by atoms with Crippen LogP contribution >= 0.6 is 0 Å². The number of halogens is 4. The first-order chi connectivity index (χ1) is 19.0. The zero-order valence-electron chi connectivity index (χ0n) is 22.3. The molecule has 0 spiro atoms. The highest BCUT2D eigenvalue weighted by Crippen LogP contribution is 2.63. The number of carbonyl (C=O) groups is 2. The molecule has 3 aliphatic rings. The summed E-state index contributed by atoms with van der Waals surface area (Å²) in [5.41, 5.74) is 0.230. The standard InChI is InChI=1S/C30H32F4N4O2/c1-19(39)37-11-8-20(9-12-37)18-38(28(40)36-24-5-6-27(31)26(15-24)30(32,33)34)25-7-10-29(16-23(29)14-25)22-4-2-3-21(13-22)17-35/h2-6,13,15,20,23,25H,7-12,14,16,18H2,1H3,(H,36,40)/t23?,25-,29-/m1/s1. The van der Waals surface area contributed by atoms with Gasteiger partial charge in [-0.15, -0.1) is 0 Å². The van der Waals surface area contributed by atoms with Crippen molar-refractivity contribution in [3.8, 4) is 6.07 Å². The van der Waals surface area contributed by atoms with E-state index in [0.29, 0.717) is 37.2 Å². The van der Waals surface area contributed by atoms with E-state index in [1.54, 1.807) is 15.9 Å². The molecule has 1 unspecified atom stereocenters. The summed E-state index contributed by atoms with van der Waals surface area (Å²) in [5, 5.41) is 11.9. The van der Waals surface area contributed by atoms with Crippen LogP contribution in [0.25, 0.3) is 0 Å². The quantitative estimate of drug-likeness (QED) is 0.438. The van der Waals surface area contributed by atoms with Gasteiger partial charge in [0.2, 0.25) is 5.91 Å². The SMILES string of the molecule is CC(=O)N1CCC(CN(C(=O)Nc2ccc(F)c(C(F)(F)F)c2)[C@@H]2CC[C@]3(c4cccc(C#N)c4)CC3C2)CC1. The van der Waals surface area contributed by atoms with Crippen LogP contribution < -0.4 is 5.32 Å². The Bertz CT molecular complexity index is 1330. The second-order valence-electron chi connectivity index (χ2n) is 11.4. The van der Waals surface area contributed by atoms with E-state index in [2.05, 4.69) is 17.5 Å². The average Bonchev–Trinajstić information content (AvgIpc) is 3.67. The number of alkyl halides is 3. The zero-order chi connectivity index (χ0) is 28.7. The van der Waals surface area contributed by atoms with Gasteiger partial charge in [-0.05, 0) is 91.7 Å². The van der Waals surface area contributed by atoms with E-state index in [1.165, 1.54) is 6.92 Å². The lowest BCUT2D eigenvalue weighted by Crippen LogP contribution is -2.49. The molecule has 2 aromatic rings. The van der Waals surface area contributed by atoms with Crippen LogP contribution in [0, 0.1) is 29.0 Å². The van der Waals surface area contributed by atoms with Crippen molar-refractivity contribution in [2.45, 2.75) is 63.1 Å². The molecule has 0 bridgehead atoms. The van der Waals surface area contributed by atoms with Crippen LogP contribution in [0.2, 0.25) is 0 Å². The summed E-state index contributed by atoms with van der Waals surface area (Å²) in [6.45, 7) is 3.18. The van der Waals surface area contributed by atoms with Crippen LogP contribution in [0.15, 0.2) is 42.5 Å². The summed E-state index contributed by atoms with van der Waals surface area (Å²) in [4.78, 5) is 28.9. The Labute approximate surface area is 230 Å². The summed E-state index contributed by atoms with van der Waals surface area (Å²) in [7, 11) is 0. The fourth-order valence-electron chi connectivity index (χ4n) is 6.67. The fraction of sp³-hybridized carbons (Fsp3) is 0.500. The number of hydrogen-bond donors (Lipinski definition) is 1. The molecule has 3 amide bonds. The molecule has 2 aromatic carbocycles. The van der Waals surface area contributed by atoms with E-state index in [-0.39, 0.29) is 29.0 Å². The highest BCUT2D eigenvalue weighted by molar-refractivity contribution is 5.89. The number of urea groups is 1. The number of anilines is 1. The lowest BCUT2D eigenvalue weighted by Gasteiger charge is -2.40. The van der Waals surface area contributed by atoms with E-state index in [9.17, 15) is 32.4 Å². The summed E-state index contributed by atoms with van der Waals surface area (Å²) in [6.07, 6.45) is -0.108. The van der Waals surface area contributed by atoms with Crippen molar-refractivity contribution in [2.75, 3.05) is 25.0 Å². The number of nitriles is 1. The molecule has 2 saturated carbocycles. The minimum Gasteiger partial charge on any atom is -0.343 e. The van der Waals surface area contributed by atoms with Gasteiger partial charge < -0.3 is 15.1 Å². The predicted molar refractivity (Wildman–Crippen MR) is 141 cm³/mol. The molecule has 1 aliphatic heterocycles. The zero-order valence-corrected chi connectivity index (χ0v) is 22.3. The molecule has 212 valence electrons. The lowest BCUT2D eigenvalue weighted by atomic mass is 9.79. The number of amides is 3. The molecule has 0 aromatic heterocycles. The van der Waals surface area contributed by atoms with Gasteiger partial charge in [-0.2, -0.15) is 18.4 Å². The van der Waals surface area contributed by atoms with Crippen molar-refractivity contribution in [2.24, 2.45) is 11.8 Å². The van der Waals surface area contributed by atoms with Gasteiger partial charge in [-0.3, -0.25) is 4.79 Å². The van der Waals surface area contributed by atoms with E-state index in [0.717, 1.165) is 56.2 Å². The van der Waals surface area contributed by atoms with E-state index >= 15 is 0 Å². The summed E-state index contributed by atoms with van der Waals surface area (Å²) in [5.74, 6) is -0.878. The van der Waals surface area contributed by atoms with Crippen molar-refractivity contribution >= 4 is 17.6 Å². The number of likely N-dealkylation sites (tertiary alicyclic amines) is 1. The maximum absolute atomic E-state index is 13.8. The normalized spacial score (nSPS) is 24.6. The second-order valence-corrected chi connectivity index (χ2v) is 11.4. The number of nitrogens with zero attached hydrogens (tertiary/aromatic N) is 3. The van der Waals surface area contributed by atoms with Gasteiger partial charge in [-0.1, -0.05) is 12.1 Å². The summed E-state index contributed by atoms with van der Waals surface area (Å²) >= 11 is 0. The van der Waals surface area contributed by atoms with Crippen molar-refractivity contribution in [1.29, 1.82) is 5.26 Å². The van der Waals surface area contributed by atoms with Crippen LogP contribution in [0.5, 0.6) is 0 Å². The Morgan fingerprint density at radius 3 is 2.55 bits per heavy atom. The lowest BCUT2D eigenvalue weighted by molar-refractivity contribution is -0.140. The predicted octanol–water partition coefficient (Wildman–Crippen LogP) is 6.32. The Morgan fingerprint density at radius 2 is 1.90 bits per heavy atom. The minimum absolute atomic E-state index is 0.00307. The largest absolute Gasteiger partial charge is 0.419 e. The molecule has 2 aliphatic carbocycles. The van der Waals surface area contributed by atoms with Crippen LogP contribution in [-0.4, -0.2) is 47.4 Å². The molecule has 3 fully saturated rings. The highest BCUT2D eigenvalue weighted by atomic mass is 19.4. The third-order valence-corrected chi connectivity index (χ3v) is 9.02. The van der Waals surface area contributed by atoms with Crippen LogP contribution in [0.3, 0.4) is 0 Å². The molecule has 1 saturated heterocycles. The smallest absolute Gasteiger partial charge is 0.343 e. The molecule has 10 heteroatoms. The Balaban J connectivity index is 1.33. The van der Waals surface area contributed by atoms with Gasteiger partial charge in [0.05, 0.1) is 17.2 Å². The molecule has 5 rings (SSSR count). The molecule has 0 radical (unpaired) electrons. The van der Waals surface area contributed by atoms with E-state index in [4.69, 9.17) is 0 Å². The summed E-state index contributed by atoms with van der Waals surface area (Å²) in [6, 6.07) is 11.8. The third-order valence-electron chi connectivity index (χ3n) is 9.02. The number of rotatable bonds is 5. The van der Waals surface area contributed by atoms with Gasteiger partial charge >= 0.3 is 12.2 Å². The number of fused-ring (bicyclic) bond motifs is 1. The Morgan fingerprint density at radius 1 is 1.15 bits per heavy atom. The van der Waals surface area contributed by atoms with Crippen molar-refractivity contribution in [3.63, 3.8) is 0 Å². The first-order valence-electron chi connectivity index (χ1n) is 13.7. The van der Waals surface area contributed by atoms with Gasteiger partial charge in [0, 0.05) is 38.3 Å². The van der Waals surface area contributed by atoms with Crippen LogP contribution in [0.1, 0.15) is 62.1 Å². The maximum Gasteiger partial charge on any atom is 0.419 e.